The molecule has 7 nitrogen and oxygen atoms in total. The minimum atomic E-state index is -0.788. The van der Waals surface area contributed by atoms with Crippen molar-refractivity contribution >= 4 is 12.1 Å². The van der Waals surface area contributed by atoms with Crippen molar-refractivity contribution in [3.63, 3.8) is 0 Å². The molecule has 0 N–H and O–H groups in total. The van der Waals surface area contributed by atoms with Crippen LogP contribution in [0, 0.1) is 0 Å². The van der Waals surface area contributed by atoms with E-state index >= 15 is 0 Å². The average molecular weight is 345 g/mol. The largest absolute Gasteiger partial charge is 0.467 e. The van der Waals surface area contributed by atoms with E-state index in [2.05, 4.69) is 4.98 Å². The summed E-state index contributed by atoms with van der Waals surface area (Å²) in [6.07, 6.45) is 3.26. The number of hydrogen-bond donors (Lipinski definition) is 0. The molecule has 1 aromatic heterocycles. The summed E-state index contributed by atoms with van der Waals surface area (Å²) in [5, 5.41) is 0. The molecule has 0 aliphatic carbocycles. The summed E-state index contributed by atoms with van der Waals surface area (Å²) in [6, 6.07) is 9.21. The van der Waals surface area contributed by atoms with Crippen LogP contribution in [0.25, 0.3) is 0 Å². The molecule has 0 aliphatic heterocycles. The van der Waals surface area contributed by atoms with Gasteiger partial charge in [0.2, 0.25) is 0 Å². The average Bonchev–Trinajstić information content (AvgIpc) is 3.06. The first-order valence-electron chi connectivity index (χ1n) is 8.07. The number of ether oxygens (including phenoxy) is 2. The van der Waals surface area contributed by atoms with Gasteiger partial charge in [0.25, 0.3) is 0 Å². The fourth-order valence-electron chi connectivity index (χ4n) is 2.46. The van der Waals surface area contributed by atoms with Crippen LogP contribution in [0.3, 0.4) is 0 Å². The molecule has 2 aromatic rings. The van der Waals surface area contributed by atoms with Gasteiger partial charge in [-0.25, -0.2) is 14.6 Å². The Kier molecular flexibility index (Phi) is 6.56. The zero-order valence-corrected chi connectivity index (χ0v) is 14.7. The summed E-state index contributed by atoms with van der Waals surface area (Å²) in [5.74, 6) is -0.506. The number of nitrogens with zero attached hydrogens (tertiary/aromatic N) is 3. The lowest BCUT2D eigenvalue weighted by molar-refractivity contribution is -0.145. The first-order valence-corrected chi connectivity index (χ1v) is 8.07. The molecule has 7 heteroatoms. The number of aromatic nitrogens is 2. The molecule has 1 heterocycles. The molecule has 1 aromatic carbocycles. The zero-order valence-electron chi connectivity index (χ0n) is 14.7. The van der Waals surface area contributed by atoms with Crippen LogP contribution in [0.4, 0.5) is 4.79 Å². The highest BCUT2D eigenvalue weighted by Gasteiger charge is 2.29. The van der Waals surface area contributed by atoms with Gasteiger partial charge in [-0.1, -0.05) is 30.3 Å². The summed E-state index contributed by atoms with van der Waals surface area (Å²) in [5.41, 5.74) is 1.85. The van der Waals surface area contributed by atoms with Crippen LogP contribution in [-0.2, 0) is 27.2 Å². The van der Waals surface area contributed by atoms with Gasteiger partial charge in [-0.05, 0) is 12.5 Å². The fourth-order valence-corrected chi connectivity index (χ4v) is 2.46. The van der Waals surface area contributed by atoms with Crippen molar-refractivity contribution in [3.05, 3.63) is 54.1 Å². The standard InChI is InChI=1S/C18H23N3O4/c1-4-25-18(23)20(2)16(17(22)24-3)10-15-12-21(13-19-15)11-14-8-6-5-7-9-14/h5-9,12-13,16H,4,10-11H2,1-3H3/t16-/m0/s1. The highest BCUT2D eigenvalue weighted by molar-refractivity contribution is 5.81. The molecule has 2 rings (SSSR count). The molecule has 0 aliphatic rings. The van der Waals surface area contributed by atoms with Gasteiger partial charge in [0, 0.05) is 26.2 Å². The van der Waals surface area contributed by atoms with Gasteiger partial charge < -0.3 is 14.0 Å². The third-order valence-electron chi connectivity index (χ3n) is 3.79. The van der Waals surface area contributed by atoms with Crippen molar-refractivity contribution in [2.75, 3.05) is 20.8 Å². The van der Waals surface area contributed by atoms with E-state index in [9.17, 15) is 9.59 Å². The van der Waals surface area contributed by atoms with Crippen LogP contribution in [-0.4, -0.2) is 53.3 Å². The van der Waals surface area contributed by atoms with Crippen LogP contribution < -0.4 is 0 Å². The van der Waals surface area contributed by atoms with E-state index in [-0.39, 0.29) is 13.0 Å². The monoisotopic (exact) mass is 345 g/mol. The first-order chi connectivity index (χ1) is 12.0. The number of hydrogen-bond acceptors (Lipinski definition) is 5. The summed E-state index contributed by atoms with van der Waals surface area (Å²) >= 11 is 0. The van der Waals surface area contributed by atoms with E-state index in [1.807, 2.05) is 41.1 Å². The number of amides is 1. The second kappa shape index (κ2) is 8.86. The number of carbonyl (C=O) groups is 2. The van der Waals surface area contributed by atoms with E-state index < -0.39 is 18.1 Å². The number of benzene rings is 1. The predicted octanol–water partition coefficient (Wildman–Crippen LogP) is 2.10. The molecule has 0 bridgehead atoms. The molecule has 0 unspecified atom stereocenters. The Hall–Kier alpha value is -2.83. The number of likely N-dealkylation sites (N-methyl/N-ethyl adjacent to an activating group) is 1. The maximum absolute atomic E-state index is 12.1. The van der Waals surface area contributed by atoms with Gasteiger partial charge in [0.15, 0.2) is 0 Å². The van der Waals surface area contributed by atoms with Crippen molar-refractivity contribution < 1.29 is 19.1 Å². The number of methoxy groups -OCH3 is 1. The van der Waals surface area contributed by atoms with Crippen molar-refractivity contribution in [1.29, 1.82) is 0 Å². The van der Waals surface area contributed by atoms with Gasteiger partial charge in [-0.15, -0.1) is 0 Å². The zero-order chi connectivity index (χ0) is 18.2. The Labute approximate surface area is 147 Å². The Morgan fingerprint density at radius 3 is 2.64 bits per heavy atom. The quantitative estimate of drug-likeness (QED) is 0.719. The molecule has 1 amide bonds. The molecule has 0 saturated heterocycles. The maximum Gasteiger partial charge on any atom is 0.410 e. The fraction of sp³-hybridized carbons (Fsp3) is 0.389. The van der Waals surface area contributed by atoms with Crippen LogP contribution in [0.2, 0.25) is 0 Å². The summed E-state index contributed by atoms with van der Waals surface area (Å²) in [7, 11) is 2.81. The Morgan fingerprint density at radius 2 is 2.00 bits per heavy atom. The maximum atomic E-state index is 12.1. The third kappa shape index (κ3) is 5.07. The molecular formula is C18H23N3O4. The highest BCUT2D eigenvalue weighted by atomic mass is 16.6. The molecule has 1 atom stereocenters. The van der Waals surface area contributed by atoms with Gasteiger partial charge in [0.05, 0.1) is 25.7 Å². The van der Waals surface area contributed by atoms with E-state index in [1.54, 1.807) is 13.3 Å². The van der Waals surface area contributed by atoms with E-state index in [0.717, 1.165) is 5.56 Å². The molecule has 134 valence electrons. The highest BCUT2D eigenvalue weighted by Crippen LogP contribution is 2.11. The van der Waals surface area contributed by atoms with Crippen LogP contribution in [0.1, 0.15) is 18.2 Å². The van der Waals surface area contributed by atoms with Crippen LogP contribution in [0.15, 0.2) is 42.9 Å². The van der Waals surface area contributed by atoms with Crippen molar-refractivity contribution in [2.45, 2.75) is 25.9 Å². The van der Waals surface area contributed by atoms with Crippen molar-refractivity contribution in [1.82, 2.24) is 14.5 Å². The molecule has 25 heavy (non-hydrogen) atoms. The second-order valence-corrected chi connectivity index (χ2v) is 5.58. The normalized spacial score (nSPS) is 11.6. The number of imidazole rings is 1. The Morgan fingerprint density at radius 1 is 1.28 bits per heavy atom. The van der Waals surface area contributed by atoms with E-state index in [4.69, 9.17) is 9.47 Å². The number of esters is 1. The molecule has 0 fully saturated rings. The SMILES string of the molecule is CCOC(=O)N(C)[C@@H](Cc1cn(Cc2ccccc2)cn1)C(=O)OC. The smallest absolute Gasteiger partial charge is 0.410 e. The van der Waals surface area contributed by atoms with Crippen molar-refractivity contribution in [3.8, 4) is 0 Å². The number of carbonyl (C=O) groups excluding carboxylic acids is 2. The Bertz CT molecular complexity index is 699. The van der Waals surface area contributed by atoms with Crippen LogP contribution in [0.5, 0.6) is 0 Å². The van der Waals surface area contributed by atoms with Crippen LogP contribution >= 0.6 is 0 Å². The summed E-state index contributed by atoms with van der Waals surface area (Å²) < 4.78 is 11.7. The molecular weight excluding hydrogens is 322 g/mol. The van der Waals surface area contributed by atoms with Gasteiger partial charge in [0.1, 0.15) is 6.04 Å². The lowest BCUT2D eigenvalue weighted by Gasteiger charge is -2.24. The van der Waals surface area contributed by atoms with Gasteiger partial charge in [-0.3, -0.25) is 4.90 Å². The lowest BCUT2D eigenvalue weighted by atomic mass is 10.1. The minimum Gasteiger partial charge on any atom is -0.467 e. The van der Waals surface area contributed by atoms with E-state index in [1.165, 1.54) is 19.1 Å². The van der Waals surface area contributed by atoms with E-state index in [0.29, 0.717) is 12.2 Å². The summed E-state index contributed by atoms with van der Waals surface area (Å²) in [6.45, 7) is 2.64. The topological polar surface area (TPSA) is 73.7 Å². The van der Waals surface area contributed by atoms with Gasteiger partial charge >= 0.3 is 12.1 Å². The second-order valence-electron chi connectivity index (χ2n) is 5.58. The third-order valence-corrected chi connectivity index (χ3v) is 3.79. The number of rotatable bonds is 7. The predicted molar refractivity (Wildman–Crippen MR) is 92.1 cm³/mol. The first kappa shape index (κ1) is 18.5. The molecule has 0 spiro atoms. The van der Waals surface area contributed by atoms with Gasteiger partial charge in [-0.2, -0.15) is 0 Å². The molecule has 0 radical (unpaired) electrons. The lowest BCUT2D eigenvalue weighted by Crippen LogP contribution is -2.44. The minimum absolute atomic E-state index is 0.239. The summed E-state index contributed by atoms with van der Waals surface area (Å²) in [4.78, 5) is 29.5. The Balaban J connectivity index is 2.08. The van der Waals surface area contributed by atoms with Crippen molar-refractivity contribution in [2.24, 2.45) is 0 Å². The molecule has 0 saturated carbocycles.